The number of esters is 1. The van der Waals surface area contributed by atoms with Gasteiger partial charge >= 0.3 is 5.97 Å². The molecule has 20 heavy (non-hydrogen) atoms. The number of thioether (sulfide) groups is 1. The number of ether oxygens (including phenoxy) is 1. The smallest absolute Gasteiger partial charge is 0.319 e. The van der Waals surface area contributed by atoms with Crippen LogP contribution in [0.2, 0.25) is 0 Å². The Hall–Kier alpha value is -1.89. The maximum Gasteiger partial charge on any atom is 0.319 e. The molecule has 3 rings (SSSR count). The average molecular weight is 290 g/mol. The predicted octanol–water partition coefficient (Wildman–Crippen LogP) is 1.71. The molecule has 1 aliphatic carbocycles. The van der Waals surface area contributed by atoms with E-state index in [1.54, 1.807) is 4.68 Å². The van der Waals surface area contributed by atoms with E-state index < -0.39 is 0 Å². The van der Waals surface area contributed by atoms with Crippen molar-refractivity contribution in [2.75, 3.05) is 7.11 Å². The van der Waals surface area contributed by atoms with Gasteiger partial charge in [-0.05, 0) is 41.3 Å². The molecule has 1 aliphatic rings. The molecule has 1 aromatic heterocycles. The molecule has 0 bridgehead atoms. The van der Waals surface area contributed by atoms with Gasteiger partial charge in [0.1, 0.15) is 5.25 Å². The second kappa shape index (κ2) is 5.62. The molecular weight excluding hydrogens is 276 g/mol. The largest absolute Gasteiger partial charge is 0.468 e. The number of hydrogen-bond donors (Lipinski definition) is 0. The number of carbonyl (C=O) groups excluding carboxylic acids is 1. The summed E-state index contributed by atoms with van der Waals surface area (Å²) in [4.78, 5) is 11.8. The molecule has 0 aliphatic heterocycles. The summed E-state index contributed by atoms with van der Waals surface area (Å²) in [5.41, 5.74) is 0.874. The van der Waals surface area contributed by atoms with Crippen molar-refractivity contribution >= 4 is 17.7 Å². The summed E-state index contributed by atoms with van der Waals surface area (Å²) < 4.78 is 6.51. The normalized spacial score (nSPS) is 15.8. The van der Waals surface area contributed by atoms with Crippen molar-refractivity contribution in [1.29, 1.82) is 0 Å². The summed E-state index contributed by atoms with van der Waals surface area (Å²) >= 11 is 1.37. The number of tetrazole rings is 1. The monoisotopic (exact) mass is 290 g/mol. The van der Waals surface area contributed by atoms with E-state index >= 15 is 0 Å². The minimum absolute atomic E-state index is 0.208. The van der Waals surface area contributed by atoms with Crippen LogP contribution >= 0.6 is 11.8 Å². The third-order valence-electron chi connectivity index (χ3n) is 3.16. The highest BCUT2D eigenvalue weighted by Gasteiger charge is 2.39. The van der Waals surface area contributed by atoms with E-state index in [1.807, 2.05) is 30.3 Å². The number of benzene rings is 1. The fourth-order valence-electron chi connectivity index (χ4n) is 1.95. The fraction of sp³-hybridized carbons (Fsp3) is 0.385. The summed E-state index contributed by atoms with van der Waals surface area (Å²) in [6, 6.07) is 9.62. The van der Waals surface area contributed by atoms with Gasteiger partial charge in [0.05, 0.1) is 12.8 Å². The number of methoxy groups -OCH3 is 1. The molecule has 0 radical (unpaired) electrons. The molecule has 1 atom stereocenters. The summed E-state index contributed by atoms with van der Waals surface area (Å²) in [5, 5.41) is 12.1. The minimum Gasteiger partial charge on any atom is -0.468 e. The molecule has 0 spiro atoms. The SMILES string of the molecule is COC(=O)C(Sc1nnnn1-c1ccccc1)C1CC1. The molecule has 104 valence electrons. The Morgan fingerprint density at radius 1 is 1.40 bits per heavy atom. The van der Waals surface area contributed by atoms with E-state index in [4.69, 9.17) is 4.74 Å². The molecule has 1 aromatic carbocycles. The lowest BCUT2D eigenvalue weighted by Crippen LogP contribution is -2.21. The Bertz CT molecular complexity index is 597. The van der Waals surface area contributed by atoms with Crippen LogP contribution in [0.5, 0.6) is 0 Å². The lowest BCUT2D eigenvalue weighted by atomic mass is 10.3. The van der Waals surface area contributed by atoms with Crippen LogP contribution in [0.4, 0.5) is 0 Å². The average Bonchev–Trinajstić information content (AvgIpc) is 3.23. The van der Waals surface area contributed by atoms with Gasteiger partial charge in [0.25, 0.3) is 0 Å². The van der Waals surface area contributed by atoms with Gasteiger partial charge in [-0.1, -0.05) is 30.0 Å². The zero-order chi connectivity index (χ0) is 13.9. The molecule has 0 N–H and O–H groups in total. The number of rotatable bonds is 5. The first kappa shape index (κ1) is 13.1. The Labute approximate surface area is 120 Å². The quantitative estimate of drug-likeness (QED) is 0.616. The van der Waals surface area contributed by atoms with Gasteiger partial charge in [-0.2, -0.15) is 4.68 Å². The van der Waals surface area contributed by atoms with E-state index in [0.29, 0.717) is 11.1 Å². The highest BCUT2D eigenvalue weighted by molar-refractivity contribution is 8.00. The van der Waals surface area contributed by atoms with Crippen molar-refractivity contribution in [3.63, 3.8) is 0 Å². The highest BCUT2D eigenvalue weighted by atomic mass is 32.2. The molecule has 1 fully saturated rings. The van der Waals surface area contributed by atoms with Crippen molar-refractivity contribution in [2.24, 2.45) is 5.92 Å². The van der Waals surface area contributed by atoms with Crippen LogP contribution < -0.4 is 0 Å². The minimum atomic E-state index is -0.228. The zero-order valence-electron chi connectivity index (χ0n) is 11.0. The van der Waals surface area contributed by atoms with Crippen LogP contribution in [0.25, 0.3) is 5.69 Å². The lowest BCUT2D eigenvalue weighted by molar-refractivity contribution is -0.140. The predicted molar refractivity (Wildman–Crippen MR) is 73.5 cm³/mol. The molecule has 2 aromatic rings. The van der Waals surface area contributed by atoms with Gasteiger partial charge in [0.15, 0.2) is 0 Å². The number of hydrogen-bond acceptors (Lipinski definition) is 6. The third-order valence-corrected chi connectivity index (χ3v) is 4.45. The molecule has 0 saturated heterocycles. The summed E-state index contributed by atoms with van der Waals surface area (Å²) in [6.07, 6.45) is 2.11. The standard InChI is InChI=1S/C13H14N4O2S/c1-19-12(18)11(9-7-8-9)20-13-14-15-16-17(13)10-5-3-2-4-6-10/h2-6,9,11H,7-8H2,1H3. The Morgan fingerprint density at radius 3 is 2.80 bits per heavy atom. The van der Waals surface area contributed by atoms with Crippen molar-refractivity contribution in [1.82, 2.24) is 20.2 Å². The number of carbonyl (C=O) groups is 1. The van der Waals surface area contributed by atoms with E-state index in [1.165, 1.54) is 18.9 Å². The molecule has 1 unspecified atom stereocenters. The Kier molecular flexibility index (Phi) is 3.68. The number of nitrogens with zero attached hydrogens (tertiary/aromatic N) is 4. The van der Waals surface area contributed by atoms with Crippen LogP contribution in [0.1, 0.15) is 12.8 Å². The van der Waals surface area contributed by atoms with Gasteiger partial charge in [-0.25, -0.2) is 0 Å². The van der Waals surface area contributed by atoms with Crippen LogP contribution in [-0.2, 0) is 9.53 Å². The van der Waals surface area contributed by atoms with Crippen LogP contribution in [0, 0.1) is 5.92 Å². The van der Waals surface area contributed by atoms with Crippen molar-refractivity contribution in [3.05, 3.63) is 30.3 Å². The maximum absolute atomic E-state index is 11.8. The van der Waals surface area contributed by atoms with E-state index in [0.717, 1.165) is 18.5 Å². The first-order chi connectivity index (χ1) is 9.79. The van der Waals surface area contributed by atoms with Crippen molar-refractivity contribution in [3.8, 4) is 5.69 Å². The molecule has 6 nitrogen and oxygen atoms in total. The van der Waals surface area contributed by atoms with E-state index in [2.05, 4.69) is 15.5 Å². The topological polar surface area (TPSA) is 69.9 Å². The molecule has 0 amide bonds. The maximum atomic E-state index is 11.8. The van der Waals surface area contributed by atoms with Crippen molar-refractivity contribution in [2.45, 2.75) is 23.2 Å². The summed E-state index contributed by atoms with van der Waals surface area (Å²) in [5.74, 6) is 0.161. The van der Waals surface area contributed by atoms with Gasteiger partial charge in [0.2, 0.25) is 5.16 Å². The zero-order valence-corrected chi connectivity index (χ0v) is 11.8. The molecule has 7 heteroatoms. The molecule has 1 saturated carbocycles. The first-order valence-corrected chi connectivity index (χ1v) is 7.26. The van der Waals surface area contributed by atoms with E-state index in [-0.39, 0.29) is 11.2 Å². The third kappa shape index (κ3) is 2.67. The van der Waals surface area contributed by atoms with Crippen LogP contribution in [0.3, 0.4) is 0 Å². The Morgan fingerprint density at radius 2 is 2.15 bits per heavy atom. The highest BCUT2D eigenvalue weighted by Crippen LogP contribution is 2.41. The second-order valence-electron chi connectivity index (χ2n) is 4.61. The Balaban J connectivity index is 1.84. The number of aromatic nitrogens is 4. The van der Waals surface area contributed by atoms with E-state index in [9.17, 15) is 4.79 Å². The molecule has 1 heterocycles. The van der Waals surface area contributed by atoms with Gasteiger partial charge in [0, 0.05) is 0 Å². The second-order valence-corrected chi connectivity index (χ2v) is 5.72. The van der Waals surface area contributed by atoms with Crippen LogP contribution in [-0.4, -0.2) is 38.5 Å². The number of para-hydroxylation sites is 1. The van der Waals surface area contributed by atoms with Crippen LogP contribution in [0.15, 0.2) is 35.5 Å². The van der Waals surface area contributed by atoms with Crippen molar-refractivity contribution < 1.29 is 9.53 Å². The van der Waals surface area contributed by atoms with Gasteiger partial charge in [-0.15, -0.1) is 5.10 Å². The van der Waals surface area contributed by atoms with Gasteiger partial charge in [-0.3, -0.25) is 4.79 Å². The summed E-state index contributed by atoms with van der Waals surface area (Å²) in [7, 11) is 1.42. The molecular formula is C13H14N4O2S. The first-order valence-electron chi connectivity index (χ1n) is 6.38. The summed E-state index contributed by atoms with van der Waals surface area (Å²) in [6.45, 7) is 0. The fourth-order valence-corrected chi connectivity index (χ4v) is 3.16. The lowest BCUT2D eigenvalue weighted by Gasteiger charge is -2.12. The van der Waals surface area contributed by atoms with Gasteiger partial charge < -0.3 is 4.74 Å².